The molecule has 0 aliphatic heterocycles. The van der Waals surface area contributed by atoms with Crippen molar-refractivity contribution in [2.24, 2.45) is 0 Å². The maximum Gasteiger partial charge on any atom is 0.133 e. The van der Waals surface area contributed by atoms with Crippen LogP contribution in [0.25, 0.3) is 11.3 Å². The molecule has 0 atom stereocenters. The van der Waals surface area contributed by atoms with Gasteiger partial charge in [0.1, 0.15) is 17.5 Å². The van der Waals surface area contributed by atoms with Crippen LogP contribution in [0.3, 0.4) is 0 Å². The summed E-state index contributed by atoms with van der Waals surface area (Å²) in [7, 11) is 0. The maximum atomic E-state index is 13.3. The van der Waals surface area contributed by atoms with Crippen LogP contribution >= 0.6 is 0 Å². The van der Waals surface area contributed by atoms with Crippen molar-refractivity contribution < 1.29 is 4.39 Å². The zero-order chi connectivity index (χ0) is 15.6. The van der Waals surface area contributed by atoms with Crippen LogP contribution < -0.4 is 5.32 Å². The summed E-state index contributed by atoms with van der Waals surface area (Å²) in [5, 5.41) is 3.29. The van der Waals surface area contributed by atoms with Crippen molar-refractivity contribution in [2.75, 3.05) is 11.9 Å². The third kappa shape index (κ3) is 3.20. The van der Waals surface area contributed by atoms with Gasteiger partial charge in [0.15, 0.2) is 0 Å². The minimum Gasteiger partial charge on any atom is -0.370 e. The van der Waals surface area contributed by atoms with E-state index in [0.717, 1.165) is 40.6 Å². The number of nitrogens with one attached hydrogen (secondary N) is 1. The van der Waals surface area contributed by atoms with Gasteiger partial charge in [0.2, 0.25) is 0 Å². The normalized spacial score (nSPS) is 11.0. The molecule has 21 heavy (non-hydrogen) atoms. The number of hydrogen-bond donors (Lipinski definition) is 1. The fraction of sp³-hybridized carbons (Fsp3) is 0.412. The largest absolute Gasteiger partial charge is 0.370 e. The van der Waals surface area contributed by atoms with E-state index in [0.29, 0.717) is 0 Å². The number of rotatable bonds is 4. The van der Waals surface area contributed by atoms with Gasteiger partial charge >= 0.3 is 0 Å². The van der Waals surface area contributed by atoms with Crippen LogP contribution in [-0.2, 0) is 0 Å². The van der Waals surface area contributed by atoms with Gasteiger partial charge in [0.25, 0.3) is 0 Å². The molecule has 0 aliphatic rings. The lowest BCUT2D eigenvalue weighted by molar-refractivity contribution is 0.627. The standard InChI is InChI=1S/C17H22FN3/c1-6-19-17-12(5)15(20-16(21-17)10(2)3)14-8-7-13(18)9-11(14)4/h7-10H,6H2,1-5H3,(H,19,20,21). The quantitative estimate of drug-likeness (QED) is 0.902. The highest BCUT2D eigenvalue weighted by Gasteiger charge is 2.15. The lowest BCUT2D eigenvalue weighted by Gasteiger charge is -2.16. The van der Waals surface area contributed by atoms with Gasteiger partial charge in [-0.1, -0.05) is 13.8 Å². The Kier molecular flexibility index (Phi) is 4.56. The molecule has 0 saturated heterocycles. The first kappa shape index (κ1) is 15.4. The molecule has 0 saturated carbocycles. The Balaban J connectivity index is 2.66. The number of benzene rings is 1. The summed E-state index contributed by atoms with van der Waals surface area (Å²) in [6.45, 7) is 10.9. The molecule has 1 aromatic carbocycles. The number of nitrogens with zero attached hydrogens (tertiary/aromatic N) is 2. The second-order valence-corrected chi connectivity index (χ2v) is 5.55. The molecular formula is C17H22FN3. The molecule has 1 N–H and O–H groups in total. The van der Waals surface area contributed by atoms with Crippen molar-refractivity contribution in [3.63, 3.8) is 0 Å². The second-order valence-electron chi connectivity index (χ2n) is 5.55. The van der Waals surface area contributed by atoms with Crippen molar-refractivity contribution in [3.05, 3.63) is 41.0 Å². The zero-order valence-corrected chi connectivity index (χ0v) is 13.3. The molecule has 0 radical (unpaired) electrons. The molecule has 0 spiro atoms. The van der Waals surface area contributed by atoms with Gasteiger partial charge in [-0.2, -0.15) is 0 Å². The van der Waals surface area contributed by atoms with Gasteiger partial charge in [-0.3, -0.25) is 0 Å². The monoisotopic (exact) mass is 287 g/mol. The van der Waals surface area contributed by atoms with Crippen molar-refractivity contribution in [1.82, 2.24) is 9.97 Å². The minimum absolute atomic E-state index is 0.223. The smallest absolute Gasteiger partial charge is 0.133 e. The molecule has 1 heterocycles. The summed E-state index contributed by atoms with van der Waals surface area (Å²) < 4.78 is 13.3. The molecule has 4 heteroatoms. The van der Waals surface area contributed by atoms with E-state index in [4.69, 9.17) is 4.98 Å². The average Bonchev–Trinajstić information content (AvgIpc) is 2.41. The van der Waals surface area contributed by atoms with Crippen molar-refractivity contribution in [2.45, 2.75) is 40.5 Å². The van der Waals surface area contributed by atoms with E-state index in [1.54, 1.807) is 12.1 Å². The minimum atomic E-state index is -0.223. The number of anilines is 1. The van der Waals surface area contributed by atoms with E-state index in [1.165, 1.54) is 6.07 Å². The number of halogens is 1. The highest BCUT2D eigenvalue weighted by molar-refractivity contribution is 5.71. The predicted octanol–water partition coefficient (Wildman–Crippen LogP) is 4.45. The van der Waals surface area contributed by atoms with Crippen LogP contribution in [0.2, 0.25) is 0 Å². The fourth-order valence-corrected chi connectivity index (χ4v) is 2.29. The predicted molar refractivity (Wildman–Crippen MR) is 85.2 cm³/mol. The van der Waals surface area contributed by atoms with Gasteiger partial charge in [-0.15, -0.1) is 0 Å². The number of aromatic nitrogens is 2. The Bertz CT molecular complexity index is 651. The first-order valence-electron chi connectivity index (χ1n) is 7.33. The zero-order valence-electron chi connectivity index (χ0n) is 13.3. The second kappa shape index (κ2) is 6.20. The van der Waals surface area contributed by atoms with E-state index in [-0.39, 0.29) is 11.7 Å². The van der Waals surface area contributed by atoms with Crippen molar-refractivity contribution >= 4 is 5.82 Å². The molecule has 0 unspecified atom stereocenters. The molecule has 3 nitrogen and oxygen atoms in total. The van der Waals surface area contributed by atoms with Gasteiger partial charge in [0.05, 0.1) is 5.69 Å². The number of hydrogen-bond acceptors (Lipinski definition) is 3. The van der Waals surface area contributed by atoms with E-state index in [9.17, 15) is 4.39 Å². The van der Waals surface area contributed by atoms with Gasteiger partial charge < -0.3 is 5.32 Å². The Hall–Kier alpha value is -1.97. The lowest BCUT2D eigenvalue weighted by atomic mass is 10.0. The van der Waals surface area contributed by atoms with Crippen LogP contribution in [0, 0.1) is 19.7 Å². The van der Waals surface area contributed by atoms with E-state index < -0.39 is 0 Å². The first-order valence-corrected chi connectivity index (χ1v) is 7.33. The highest BCUT2D eigenvalue weighted by atomic mass is 19.1. The molecular weight excluding hydrogens is 265 g/mol. The molecule has 2 rings (SSSR count). The summed E-state index contributed by atoms with van der Waals surface area (Å²) >= 11 is 0. The van der Waals surface area contributed by atoms with Gasteiger partial charge in [-0.05, 0) is 44.5 Å². The van der Waals surface area contributed by atoms with Gasteiger partial charge in [-0.25, -0.2) is 14.4 Å². The average molecular weight is 287 g/mol. The SMILES string of the molecule is CCNc1nc(C(C)C)nc(-c2ccc(F)cc2C)c1C. The van der Waals surface area contributed by atoms with Crippen LogP contribution in [0.5, 0.6) is 0 Å². The molecule has 0 bridgehead atoms. The topological polar surface area (TPSA) is 37.8 Å². The summed E-state index contributed by atoms with van der Waals surface area (Å²) in [6, 6.07) is 4.81. The van der Waals surface area contributed by atoms with Crippen molar-refractivity contribution in [1.29, 1.82) is 0 Å². The van der Waals surface area contributed by atoms with Crippen LogP contribution in [-0.4, -0.2) is 16.5 Å². The van der Waals surface area contributed by atoms with E-state index >= 15 is 0 Å². The molecule has 0 fully saturated rings. The third-order valence-electron chi connectivity index (χ3n) is 3.47. The van der Waals surface area contributed by atoms with Crippen LogP contribution in [0.15, 0.2) is 18.2 Å². The van der Waals surface area contributed by atoms with Crippen molar-refractivity contribution in [3.8, 4) is 11.3 Å². The van der Waals surface area contributed by atoms with Crippen LogP contribution in [0.1, 0.15) is 43.6 Å². The molecule has 0 amide bonds. The first-order chi connectivity index (χ1) is 9.93. The van der Waals surface area contributed by atoms with Gasteiger partial charge in [0, 0.05) is 23.6 Å². The summed E-state index contributed by atoms with van der Waals surface area (Å²) in [6.07, 6.45) is 0. The highest BCUT2D eigenvalue weighted by Crippen LogP contribution is 2.30. The molecule has 112 valence electrons. The Morgan fingerprint density at radius 2 is 1.90 bits per heavy atom. The fourth-order valence-electron chi connectivity index (χ4n) is 2.29. The molecule has 2 aromatic rings. The number of aryl methyl sites for hydroxylation is 1. The third-order valence-corrected chi connectivity index (χ3v) is 3.47. The lowest BCUT2D eigenvalue weighted by Crippen LogP contribution is -2.09. The molecule has 1 aromatic heterocycles. The van der Waals surface area contributed by atoms with E-state index in [2.05, 4.69) is 24.1 Å². The van der Waals surface area contributed by atoms with E-state index in [1.807, 2.05) is 20.8 Å². The summed E-state index contributed by atoms with van der Waals surface area (Å²) in [4.78, 5) is 9.30. The molecule has 0 aliphatic carbocycles. The summed E-state index contributed by atoms with van der Waals surface area (Å²) in [5.41, 5.74) is 3.71. The van der Waals surface area contributed by atoms with Crippen LogP contribution in [0.4, 0.5) is 10.2 Å². The Morgan fingerprint density at radius 1 is 1.19 bits per heavy atom. The Labute approximate surface area is 125 Å². The maximum absolute atomic E-state index is 13.3. The Morgan fingerprint density at radius 3 is 2.48 bits per heavy atom. The summed E-state index contributed by atoms with van der Waals surface area (Å²) in [5.74, 6) is 1.67.